The van der Waals surface area contributed by atoms with Gasteiger partial charge in [-0.1, -0.05) is 6.92 Å². The lowest BCUT2D eigenvalue weighted by Gasteiger charge is -2.25. The fraction of sp³-hybridized carbons (Fsp3) is 0.533. The molecule has 23 heavy (non-hydrogen) atoms. The van der Waals surface area contributed by atoms with Gasteiger partial charge in [-0.2, -0.15) is 0 Å². The van der Waals surface area contributed by atoms with Crippen molar-refractivity contribution in [3.8, 4) is 0 Å². The van der Waals surface area contributed by atoms with Crippen LogP contribution in [0.3, 0.4) is 0 Å². The molecule has 0 spiro atoms. The second-order valence-corrected chi connectivity index (χ2v) is 8.80. The molecule has 6 nitrogen and oxygen atoms in total. The summed E-state index contributed by atoms with van der Waals surface area (Å²) >= 11 is 4.73. The molecular formula is C15H20BrN3O3S. The molecule has 2 rings (SSSR count). The first kappa shape index (κ1) is 17.9. The number of nitrogens with zero attached hydrogens (tertiary/aromatic N) is 1. The van der Waals surface area contributed by atoms with Crippen LogP contribution >= 0.6 is 27.3 Å². The zero-order chi connectivity index (χ0) is 17.4. The number of hydrogen-bond acceptors (Lipinski definition) is 4. The molecule has 0 aliphatic carbocycles. The van der Waals surface area contributed by atoms with Crippen LogP contribution in [0.25, 0.3) is 0 Å². The average Bonchev–Trinajstić information content (AvgIpc) is 2.97. The van der Waals surface area contributed by atoms with Gasteiger partial charge in [0.05, 0.1) is 3.79 Å². The molecule has 1 aromatic rings. The highest BCUT2D eigenvalue weighted by Crippen LogP contribution is 2.35. The first-order valence-electron chi connectivity index (χ1n) is 7.30. The molecule has 2 N–H and O–H groups in total. The molecule has 1 aliphatic rings. The average molecular weight is 402 g/mol. The fourth-order valence-corrected chi connectivity index (χ4v) is 3.72. The van der Waals surface area contributed by atoms with Gasteiger partial charge in [0.2, 0.25) is 5.91 Å². The van der Waals surface area contributed by atoms with Gasteiger partial charge >= 0.3 is 6.03 Å². The zero-order valence-corrected chi connectivity index (χ0v) is 15.9. The molecule has 4 amide bonds. The van der Waals surface area contributed by atoms with E-state index in [0.717, 1.165) is 20.0 Å². The Labute approximate surface area is 147 Å². The second-order valence-electron chi connectivity index (χ2n) is 6.34. The van der Waals surface area contributed by atoms with E-state index in [1.54, 1.807) is 13.0 Å². The Kier molecular flexibility index (Phi) is 4.86. The highest BCUT2D eigenvalue weighted by Gasteiger charge is 2.50. The summed E-state index contributed by atoms with van der Waals surface area (Å²) in [6, 6.07) is 3.06. The summed E-state index contributed by atoms with van der Waals surface area (Å²) in [6.45, 7) is 7.11. The number of urea groups is 1. The molecule has 0 bridgehead atoms. The molecule has 0 aromatic carbocycles. The molecule has 126 valence electrons. The van der Waals surface area contributed by atoms with Gasteiger partial charge in [-0.15, -0.1) is 11.3 Å². The van der Waals surface area contributed by atoms with Crippen molar-refractivity contribution in [1.29, 1.82) is 0 Å². The molecule has 8 heteroatoms. The van der Waals surface area contributed by atoms with Crippen molar-refractivity contribution in [3.05, 3.63) is 20.8 Å². The monoisotopic (exact) mass is 401 g/mol. The van der Waals surface area contributed by atoms with E-state index in [1.165, 1.54) is 11.3 Å². The smallest absolute Gasteiger partial charge is 0.325 e. The maximum atomic E-state index is 12.7. The lowest BCUT2D eigenvalue weighted by molar-refractivity contribution is -0.135. The number of amides is 4. The minimum Gasteiger partial charge on any atom is -0.350 e. The van der Waals surface area contributed by atoms with E-state index < -0.39 is 17.5 Å². The lowest BCUT2D eigenvalue weighted by atomic mass is 10.0. The summed E-state index contributed by atoms with van der Waals surface area (Å²) in [4.78, 5) is 38.6. The predicted octanol–water partition coefficient (Wildman–Crippen LogP) is 2.58. The zero-order valence-electron chi connectivity index (χ0n) is 13.5. The van der Waals surface area contributed by atoms with Crippen molar-refractivity contribution >= 4 is 45.1 Å². The van der Waals surface area contributed by atoms with Crippen LogP contribution in [0.2, 0.25) is 0 Å². The Morgan fingerprint density at radius 2 is 2.09 bits per heavy atom. The van der Waals surface area contributed by atoms with E-state index in [-0.39, 0.29) is 18.0 Å². The predicted molar refractivity (Wildman–Crippen MR) is 92.1 cm³/mol. The first-order chi connectivity index (χ1) is 10.6. The normalized spacial score (nSPS) is 21.5. The Bertz CT molecular complexity index is 658. The molecule has 1 aromatic heterocycles. The first-order valence-corrected chi connectivity index (χ1v) is 8.91. The Hall–Kier alpha value is -1.41. The van der Waals surface area contributed by atoms with Crippen LogP contribution in [0.5, 0.6) is 0 Å². The second kappa shape index (κ2) is 6.24. The third kappa shape index (κ3) is 3.58. The van der Waals surface area contributed by atoms with Gasteiger partial charge < -0.3 is 10.6 Å². The Morgan fingerprint density at radius 3 is 2.61 bits per heavy atom. The Morgan fingerprint density at radius 1 is 1.43 bits per heavy atom. The highest BCUT2D eigenvalue weighted by atomic mass is 79.9. The number of hydrogen-bond donors (Lipinski definition) is 2. The minimum atomic E-state index is -1.13. The Balaban J connectivity index is 2.14. The van der Waals surface area contributed by atoms with Crippen molar-refractivity contribution in [2.75, 3.05) is 6.54 Å². The molecule has 1 aliphatic heterocycles. The summed E-state index contributed by atoms with van der Waals surface area (Å²) < 4.78 is 0.872. The van der Waals surface area contributed by atoms with E-state index in [9.17, 15) is 14.4 Å². The van der Waals surface area contributed by atoms with E-state index in [4.69, 9.17) is 0 Å². The number of thiophene rings is 1. The van der Waals surface area contributed by atoms with Crippen LogP contribution < -0.4 is 10.6 Å². The summed E-state index contributed by atoms with van der Waals surface area (Å²) in [7, 11) is 0. The number of imide groups is 1. The van der Waals surface area contributed by atoms with Crippen LogP contribution in [0.1, 0.15) is 39.0 Å². The van der Waals surface area contributed by atoms with Crippen LogP contribution in [0, 0.1) is 0 Å². The van der Waals surface area contributed by atoms with E-state index in [1.807, 2.05) is 26.8 Å². The van der Waals surface area contributed by atoms with E-state index in [0.29, 0.717) is 0 Å². The lowest BCUT2D eigenvalue weighted by Crippen LogP contribution is -2.49. The van der Waals surface area contributed by atoms with Crippen LogP contribution in [0.15, 0.2) is 15.9 Å². The molecule has 1 fully saturated rings. The molecular weight excluding hydrogens is 382 g/mol. The van der Waals surface area contributed by atoms with Crippen molar-refractivity contribution in [2.24, 2.45) is 0 Å². The summed E-state index contributed by atoms with van der Waals surface area (Å²) in [5.41, 5.74) is -1.51. The van der Waals surface area contributed by atoms with Gasteiger partial charge in [-0.3, -0.25) is 14.5 Å². The van der Waals surface area contributed by atoms with Crippen molar-refractivity contribution in [1.82, 2.24) is 15.5 Å². The number of carbonyl (C=O) groups is 3. The number of carbonyl (C=O) groups excluding carboxylic acids is 3. The molecule has 1 saturated heterocycles. The quantitative estimate of drug-likeness (QED) is 0.744. The van der Waals surface area contributed by atoms with Gasteiger partial charge in [0, 0.05) is 10.4 Å². The highest BCUT2D eigenvalue weighted by molar-refractivity contribution is 9.11. The fourth-order valence-electron chi connectivity index (χ4n) is 2.24. The standard InChI is InChI=1S/C15H20BrN3O3S/c1-5-14(2,3)17-11(20)8-19-12(21)15(4,18-13(19)22)9-6-7-10(16)23-9/h6-7H,5,8H2,1-4H3,(H,17,20)(H,18,22). The molecule has 0 saturated carbocycles. The van der Waals surface area contributed by atoms with E-state index >= 15 is 0 Å². The molecule has 1 unspecified atom stereocenters. The SMILES string of the molecule is CCC(C)(C)NC(=O)CN1C(=O)NC(C)(c2ccc(Br)s2)C1=O. The van der Waals surface area contributed by atoms with Gasteiger partial charge in [0.25, 0.3) is 5.91 Å². The third-order valence-corrected chi connectivity index (χ3v) is 5.85. The topological polar surface area (TPSA) is 78.5 Å². The van der Waals surface area contributed by atoms with Crippen LogP contribution in [-0.4, -0.2) is 34.8 Å². The molecule has 2 heterocycles. The van der Waals surface area contributed by atoms with Gasteiger partial charge in [0.15, 0.2) is 5.54 Å². The van der Waals surface area contributed by atoms with Crippen molar-refractivity contribution in [3.63, 3.8) is 0 Å². The summed E-state index contributed by atoms with van der Waals surface area (Å²) in [5, 5.41) is 5.52. The minimum absolute atomic E-state index is 0.282. The van der Waals surface area contributed by atoms with E-state index in [2.05, 4.69) is 26.6 Å². The van der Waals surface area contributed by atoms with Crippen molar-refractivity contribution < 1.29 is 14.4 Å². The number of halogens is 1. The third-order valence-electron chi connectivity index (χ3n) is 4.00. The maximum absolute atomic E-state index is 12.7. The summed E-state index contributed by atoms with van der Waals surface area (Å²) in [6.07, 6.45) is 0.750. The van der Waals surface area contributed by atoms with Gasteiger partial charge in [0.1, 0.15) is 6.54 Å². The largest absolute Gasteiger partial charge is 0.350 e. The molecule has 1 atom stereocenters. The maximum Gasteiger partial charge on any atom is 0.325 e. The van der Waals surface area contributed by atoms with Crippen molar-refractivity contribution in [2.45, 2.75) is 45.2 Å². The molecule has 0 radical (unpaired) electrons. The summed E-state index contributed by atoms with van der Waals surface area (Å²) in [5.74, 6) is -0.765. The van der Waals surface area contributed by atoms with Gasteiger partial charge in [-0.25, -0.2) is 4.79 Å². The van der Waals surface area contributed by atoms with Crippen LogP contribution in [0.4, 0.5) is 4.79 Å². The van der Waals surface area contributed by atoms with Gasteiger partial charge in [-0.05, 0) is 55.3 Å². The van der Waals surface area contributed by atoms with Crippen LogP contribution in [-0.2, 0) is 15.1 Å². The number of nitrogens with one attached hydrogen (secondary N) is 2. The number of rotatable bonds is 5.